The number of carbonyl (C=O) groups is 1. The summed E-state index contributed by atoms with van der Waals surface area (Å²) in [4.78, 5) is 12.3. The van der Waals surface area contributed by atoms with Crippen molar-refractivity contribution in [1.29, 1.82) is 0 Å². The van der Waals surface area contributed by atoms with Gasteiger partial charge in [-0.2, -0.15) is 11.8 Å². The highest BCUT2D eigenvalue weighted by Gasteiger charge is 2.40. The third-order valence-corrected chi connectivity index (χ3v) is 5.69. The smallest absolute Gasteiger partial charge is 0.251 e. The number of phenols is 1. The lowest BCUT2D eigenvalue weighted by Crippen LogP contribution is -2.48. The maximum Gasteiger partial charge on any atom is 0.251 e. The van der Waals surface area contributed by atoms with Crippen molar-refractivity contribution in [1.82, 2.24) is 5.32 Å². The van der Waals surface area contributed by atoms with Crippen LogP contribution in [0.25, 0.3) is 0 Å². The van der Waals surface area contributed by atoms with Crippen LogP contribution in [0.1, 0.15) is 29.6 Å². The third-order valence-electron chi connectivity index (χ3n) is 4.17. The monoisotopic (exact) mass is 345 g/mol. The van der Waals surface area contributed by atoms with Crippen LogP contribution in [0.3, 0.4) is 0 Å². The average molecular weight is 346 g/mol. The van der Waals surface area contributed by atoms with Gasteiger partial charge in [0.2, 0.25) is 0 Å². The van der Waals surface area contributed by atoms with Crippen LogP contribution in [0.5, 0.6) is 5.75 Å². The van der Waals surface area contributed by atoms with E-state index in [0.717, 1.165) is 36.8 Å². The van der Waals surface area contributed by atoms with E-state index in [2.05, 4.69) is 5.32 Å². The minimum absolute atomic E-state index is 0.00981. The zero-order valence-corrected chi connectivity index (χ0v) is 13.5. The van der Waals surface area contributed by atoms with Gasteiger partial charge in [0.25, 0.3) is 5.91 Å². The Labute approximate surface area is 137 Å². The number of rotatable bonds is 2. The molecule has 22 heavy (non-hydrogen) atoms. The molecule has 2 fully saturated rings. The quantitative estimate of drug-likeness (QED) is 0.865. The number of benzene rings is 1. The van der Waals surface area contributed by atoms with E-state index in [1.165, 1.54) is 6.07 Å². The number of halogens is 2. The Morgan fingerprint density at radius 1 is 1.55 bits per heavy atom. The van der Waals surface area contributed by atoms with E-state index < -0.39 is 11.6 Å². The highest BCUT2D eigenvalue weighted by Crippen LogP contribution is 2.38. The standard InChI is InChI=1S/C15H17ClFNO3S/c16-11-5-9(6-12(17)13(11)19)14(20)18-10-1-3-21-15(7-10)2-4-22-8-15/h5-6,10,19H,1-4,7-8H2,(H,18,20)/t10-,15-/m0/s1. The van der Waals surface area contributed by atoms with Crippen molar-refractivity contribution < 1.29 is 19.0 Å². The molecule has 1 amide bonds. The summed E-state index contributed by atoms with van der Waals surface area (Å²) in [5.74, 6) is 0.131. The first-order valence-corrected chi connectivity index (χ1v) is 8.73. The molecule has 2 heterocycles. The van der Waals surface area contributed by atoms with Gasteiger partial charge in [-0.25, -0.2) is 4.39 Å². The predicted octanol–water partition coefficient (Wildman–Crippen LogP) is 2.97. The van der Waals surface area contributed by atoms with Crippen LogP contribution in [-0.2, 0) is 4.74 Å². The average Bonchev–Trinajstić information content (AvgIpc) is 2.92. The van der Waals surface area contributed by atoms with E-state index in [-0.39, 0.29) is 28.1 Å². The maximum absolute atomic E-state index is 13.5. The molecule has 2 saturated heterocycles. The van der Waals surface area contributed by atoms with Gasteiger partial charge in [0.15, 0.2) is 11.6 Å². The molecule has 2 N–H and O–H groups in total. The van der Waals surface area contributed by atoms with E-state index in [1.54, 1.807) is 0 Å². The maximum atomic E-state index is 13.5. The fourth-order valence-electron chi connectivity index (χ4n) is 2.98. The van der Waals surface area contributed by atoms with Crippen molar-refractivity contribution >= 4 is 29.3 Å². The number of phenolic OH excluding ortho intramolecular Hbond substituents is 1. The summed E-state index contributed by atoms with van der Waals surface area (Å²) in [5.41, 5.74) is -0.0136. The Balaban J connectivity index is 1.69. The molecule has 1 aromatic carbocycles. The molecule has 2 atom stereocenters. The molecule has 0 unspecified atom stereocenters. The van der Waals surface area contributed by atoms with Crippen LogP contribution in [0.4, 0.5) is 4.39 Å². The fraction of sp³-hybridized carbons (Fsp3) is 0.533. The van der Waals surface area contributed by atoms with Crippen LogP contribution in [-0.4, -0.2) is 40.8 Å². The molecular weight excluding hydrogens is 329 g/mol. The lowest BCUT2D eigenvalue weighted by molar-refractivity contribution is -0.0688. The number of ether oxygens (including phenoxy) is 1. The molecule has 3 rings (SSSR count). The molecule has 2 aliphatic rings. The Bertz CT molecular complexity index is 569. The second-order valence-electron chi connectivity index (χ2n) is 5.79. The number of hydrogen-bond acceptors (Lipinski definition) is 4. The summed E-state index contributed by atoms with van der Waals surface area (Å²) in [6.07, 6.45) is 2.52. The minimum Gasteiger partial charge on any atom is -0.504 e. The minimum atomic E-state index is -0.895. The number of hydrogen-bond donors (Lipinski definition) is 2. The summed E-state index contributed by atoms with van der Waals surface area (Å²) in [7, 11) is 0. The van der Waals surface area contributed by atoms with Gasteiger partial charge in [0.05, 0.1) is 10.6 Å². The van der Waals surface area contributed by atoms with Gasteiger partial charge < -0.3 is 15.2 Å². The van der Waals surface area contributed by atoms with E-state index in [9.17, 15) is 14.3 Å². The molecule has 0 aromatic heterocycles. The summed E-state index contributed by atoms with van der Waals surface area (Å²) in [6, 6.07) is 2.28. The lowest BCUT2D eigenvalue weighted by Gasteiger charge is -2.38. The second-order valence-corrected chi connectivity index (χ2v) is 7.30. The number of thioether (sulfide) groups is 1. The first kappa shape index (κ1) is 15.9. The molecular formula is C15H17ClFNO3S. The molecule has 0 saturated carbocycles. The van der Waals surface area contributed by atoms with Gasteiger partial charge in [-0.1, -0.05) is 11.6 Å². The van der Waals surface area contributed by atoms with Crippen molar-refractivity contribution in [2.24, 2.45) is 0 Å². The summed E-state index contributed by atoms with van der Waals surface area (Å²) in [6.45, 7) is 0.621. The Kier molecular flexibility index (Phi) is 4.52. The molecule has 7 heteroatoms. The summed E-state index contributed by atoms with van der Waals surface area (Å²) < 4.78 is 19.4. The molecule has 2 aliphatic heterocycles. The number of amides is 1. The Hall–Kier alpha value is -0.980. The molecule has 1 spiro atoms. The fourth-order valence-corrected chi connectivity index (χ4v) is 4.57. The van der Waals surface area contributed by atoms with Crippen molar-refractivity contribution in [3.05, 3.63) is 28.5 Å². The van der Waals surface area contributed by atoms with Gasteiger partial charge >= 0.3 is 0 Å². The predicted molar refractivity (Wildman–Crippen MR) is 84.2 cm³/mol. The summed E-state index contributed by atoms with van der Waals surface area (Å²) in [5, 5.41) is 12.1. The van der Waals surface area contributed by atoms with Gasteiger partial charge in [0.1, 0.15) is 0 Å². The van der Waals surface area contributed by atoms with Gasteiger partial charge in [-0.05, 0) is 37.1 Å². The van der Waals surface area contributed by atoms with E-state index >= 15 is 0 Å². The first-order chi connectivity index (χ1) is 10.5. The summed E-state index contributed by atoms with van der Waals surface area (Å²) >= 11 is 7.58. The van der Waals surface area contributed by atoms with Crippen LogP contribution in [0.15, 0.2) is 12.1 Å². The largest absolute Gasteiger partial charge is 0.504 e. The van der Waals surface area contributed by atoms with Crippen LogP contribution in [0.2, 0.25) is 5.02 Å². The van der Waals surface area contributed by atoms with E-state index in [1.807, 2.05) is 11.8 Å². The first-order valence-electron chi connectivity index (χ1n) is 7.20. The van der Waals surface area contributed by atoms with Gasteiger partial charge in [0, 0.05) is 24.0 Å². The van der Waals surface area contributed by atoms with Crippen LogP contribution < -0.4 is 5.32 Å². The zero-order valence-electron chi connectivity index (χ0n) is 11.9. The van der Waals surface area contributed by atoms with Crippen LogP contribution in [0, 0.1) is 5.82 Å². The third kappa shape index (κ3) is 3.19. The second kappa shape index (κ2) is 6.26. The van der Waals surface area contributed by atoms with Crippen molar-refractivity contribution in [2.75, 3.05) is 18.1 Å². The number of nitrogens with one attached hydrogen (secondary N) is 1. The van der Waals surface area contributed by atoms with Crippen molar-refractivity contribution in [3.8, 4) is 5.75 Å². The lowest BCUT2D eigenvalue weighted by atomic mass is 9.89. The number of aromatic hydroxyl groups is 1. The zero-order chi connectivity index (χ0) is 15.7. The molecule has 0 radical (unpaired) electrons. The molecule has 120 valence electrons. The topological polar surface area (TPSA) is 58.6 Å². The van der Waals surface area contributed by atoms with E-state index in [4.69, 9.17) is 16.3 Å². The molecule has 1 aromatic rings. The van der Waals surface area contributed by atoms with Crippen LogP contribution >= 0.6 is 23.4 Å². The van der Waals surface area contributed by atoms with E-state index in [0.29, 0.717) is 6.61 Å². The normalized spacial score (nSPS) is 28.0. The van der Waals surface area contributed by atoms with Gasteiger partial charge in [-0.3, -0.25) is 4.79 Å². The SMILES string of the molecule is O=C(N[C@H]1CCO[C@@]2(CCSC2)C1)c1cc(F)c(O)c(Cl)c1. The van der Waals surface area contributed by atoms with Gasteiger partial charge in [-0.15, -0.1) is 0 Å². The van der Waals surface area contributed by atoms with Crippen molar-refractivity contribution in [2.45, 2.75) is 30.9 Å². The number of carbonyl (C=O) groups excluding carboxylic acids is 1. The molecule has 4 nitrogen and oxygen atoms in total. The molecule has 0 bridgehead atoms. The highest BCUT2D eigenvalue weighted by molar-refractivity contribution is 7.99. The highest BCUT2D eigenvalue weighted by atomic mass is 35.5. The van der Waals surface area contributed by atoms with Crippen molar-refractivity contribution in [3.63, 3.8) is 0 Å². The Morgan fingerprint density at radius 3 is 3.05 bits per heavy atom. The molecule has 0 aliphatic carbocycles. The Morgan fingerprint density at radius 2 is 2.36 bits per heavy atom.